The van der Waals surface area contributed by atoms with Crippen molar-refractivity contribution in [2.45, 2.75) is 13.1 Å². The number of nitrogens with zero attached hydrogens (tertiary/aromatic N) is 3. The zero-order valence-corrected chi connectivity index (χ0v) is 17.3. The Morgan fingerprint density at radius 2 is 1.87 bits per heavy atom. The number of hydrogen-bond acceptors (Lipinski definition) is 5. The van der Waals surface area contributed by atoms with E-state index in [1.165, 1.54) is 10.9 Å². The molecule has 2 aromatic carbocycles. The van der Waals surface area contributed by atoms with Crippen LogP contribution in [-0.2, 0) is 6.18 Å². The minimum absolute atomic E-state index is 0.0179. The lowest BCUT2D eigenvalue weighted by molar-refractivity contribution is -0.137. The van der Waals surface area contributed by atoms with Gasteiger partial charge in [0.05, 0.1) is 16.3 Å². The van der Waals surface area contributed by atoms with E-state index in [4.69, 9.17) is 11.6 Å². The largest absolute Gasteiger partial charge is 0.416 e. The number of carbonyl (C=O) groups excluding carboxylic acids is 1. The lowest BCUT2D eigenvalue weighted by Gasteiger charge is -2.10. The number of para-hydroxylation sites is 1. The van der Waals surface area contributed by atoms with Crippen molar-refractivity contribution in [2.75, 3.05) is 5.32 Å². The van der Waals surface area contributed by atoms with Crippen molar-refractivity contribution in [1.29, 1.82) is 0 Å². The molecule has 6 nitrogen and oxygen atoms in total. The monoisotopic (exact) mass is 464 g/mol. The van der Waals surface area contributed by atoms with E-state index in [0.29, 0.717) is 10.7 Å². The van der Waals surface area contributed by atoms with Gasteiger partial charge in [0.1, 0.15) is 11.0 Å². The van der Waals surface area contributed by atoms with Crippen LogP contribution in [0.4, 0.5) is 18.3 Å². The number of benzene rings is 2. The van der Waals surface area contributed by atoms with Crippen LogP contribution in [0.3, 0.4) is 0 Å². The van der Waals surface area contributed by atoms with E-state index < -0.39 is 23.2 Å². The zero-order chi connectivity index (χ0) is 22.3. The predicted molar refractivity (Wildman–Crippen MR) is 112 cm³/mol. The van der Waals surface area contributed by atoms with Crippen LogP contribution in [0.5, 0.6) is 0 Å². The standard InChI is InChI=1S/C20H12ClF3N4O2S/c1-10-3-2-4-13(21)14(10)28-9-25-16-15(18(28)30)31-19(26-16)27-17(29)11-5-7-12(8-6-11)20(22,23)24/h2-9H,1H3,(H,26,27,29). The molecule has 0 saturated heterocycles. The van der Waals surface area contributed by atoms with Crippen molar-refractivity contribution in [3.05, 3.63) is 80.9 Å². The molecular weight excluding hydrogens is 453 g/mol. The highest BCUT2D eigenvalue weighted by Crippen LogP contribution is 2.29. The van der Waals surface area contributed by atoms with Crippen molar-refractivity contribution in [1.82, 2.24) is 14.5 Å². The normalized spacial score (nSPS) is 11.6. The molecule has 2 heterocycles. The van der Waals surface area contributed by atoms with E-state index in [2.05, 4.69) is 15.3 Å². The number of hydrogen-bond donors (Lipinski definition) is 1. The highest BCUT2D eigenvalue weighted by molar-refractivity contribution is 7.22. The van der Waals surface area contributed by atoms with Gasteiger partial charge in [-0.3, -0.25) is 19.5 Å². The zero-order valence-electron chi connectivity index (χ0n) is 15.7. The quantitative estimate of drug-likeness (QED) is 0.459. The maximum atomic E-state index is 12.9. The molecule has 4 aromatic rings. The van der Waals surface area contributed by atoms with Crippen molar-refractivity contribution in [3.8, 4) is 5.69 Å². The van der Waals surface area contributed by atoms with Gasteiger partial charge in [0.15, 0.2) is 10.8 Å². The summed E-state index contributed by atoms with van der Waals surface area (Å²) in [5.74, 6) is -0.657. The molecule has 0 radical (unpaired) electrons. The van der Waals surface area contributed by atoms with Gasteiger partial charge in [-0.2, -0.15) is 18.2 Å². The van der Waals surface area contributed by atoms with Gasteiger partial charge in [-0.05, 0) is 42.8 Å². The van der Waals surface area contributed by atoms with Crippen molar-refractivity contribution < 1.29 is 18.0 Å². The Kier molecular flexibility index (Phi) is 5.28. The van der Waals surface area contributed by atoms with Gasteiger partial charge in [0, 0.05) is 5.56 Å². The van der Waals surface area contributed by atoms with E-state index >= 15 is 0 Å². The number of aryl methyl sites for hydroxylation is 1. The fourth-order valence-corrected chi connectivity index (χ4v) is 4.09. The second-order valence-electron chi connectivity index (χ2n) is 6.53. The molecule has 0 aliphatic rings. The van der Waals surface area contributed by atoms with Crippen molar-refractivity contribution in [3.63, 3.8) is 0 Å². The van der Waals surface area contributed by atoms with E-state index in [-0.39, 0.29) is 21.0 Å². The Bertz CT molecular complexity index is 1340. The molecule has 0 bridgehead atoms. The summed E-state index contributed by atoms with van der Waals surface area (Å²) in [6.45, 7) is 1.81. The number of fused-ring (bicyclic) bond motifs is 1. The summed E-state index contributed by atoms with van der Waals surface area (Å²) in [7, 11) is 0. The Hall–Kier alpha value is -3.24. The van der Waals surface area contributed by atoms with Gasteiger partial charge in [-0.15, -0.1) is 0 Å². The number of halogens is 4. The van der Waals surface area contributed by atoms with Crippen LogP contribution in [0.15, 0.2) is 53.6 Å². The van der Waals surface area contributed by atoms with E-state index in [0.717, 1.165) is 41.2 Å². The average Bonchev–Trinajstić information content (AvgIpc) is 3.12. The van der Waals surface area contributed by atoms with E-state index in [9.17, 15) is 22.8 Å². The molecule has 0 saturated carbocycles. The van der Waals surface area contributed by atoms with Gasteiger partial charge in [-0.1, -0.05) is 35.1 Å². The molecule has 11 heteroatoms. The van der Waals surface area contributed by atoms with Crippen LogP contribution in [-0.4, -0.2) is 20.4 Å². The molecule has 0 unspecified atom stereocenters. The first-order valence-electron chi connectivity index (χ1n) is 8.77. The van der Waals surface area contributed by atoms with Crippen LogP contribution in [0, 0.1) is 6.92 Å². The van der Waals surface area contributed by atoms with E-state index in [1.807, 2.05) is 0 Å². The Morgan fingerprint density at radius 3 is 2.52 bits per heavy atom. The fourth-order valence-electron chi connectivity index (χ4n) is 2.93. The summed E-state index contributed by atoms with van der Waals surface area (Å²) in [6, 6.07) is 9.00. The summed E-state index contributed by atoms with van der Waals surface area (Å²) >= 11 is 7.15. The van der Waals surface area contributed by atoms with Gasteiger partial charge in [0.2, 0.25) is 0 Å². The number of rotatable bonds is 3. The van der Waals surface area contributed by atoms with Crippen molar-refractivity contribution in [2.24, 2.45) is 0 Å². The molecule has 4 rings (SSSR count). The molecule has 0 atom stereocenters. The number of carbonyl (C=O) groups is 1. The topological polar surface area (TPSA) is 76.9 Å². The first-order valence-corrected chi connectivity index (χ1v) is 9.97. The van der Waals surface area contributed by atoms with Gasteiger partial charge in [-0.25, -0.2) is 4.98 Å². The molecule has 0 fully saturated rings. The molecule has 0 aliphatic carbocycles. The Balaban J connectivity index is 1.65. The first-order chi connectivity index (χ1) is 14.6. The van der Waals surface area contributed by atoms with Crippen molar-refractivity contribution >= 4 is 44.3 Å². The number of nitrogens with one attached hydrogen (secondary N) is 1. The minimum Gasteiger partial charge on any atom is -0.298 e. The molecule has 1 N–H and O–H groups in total. The summed E-state index contributed by atoms with van der Waals surface area (Å²) in [5.41, 5.74) is 0.156. The lowest BCUT2D eigenvalue weighted by atomic mass is 10.1. The summed E-state index contributed by atoms with van der Waals surface area (Å²) < 4.78 is 39.5. The first kappa shape index (κ1) is 21.0. The summed E-state index contributed by atoms with van der Waals surface area (Å²) in [6.07, 6.45) is -3.19. The van der Waals surface area contributed by atoms with E-state index in [1.54, 1.807) is 25.1 Å². The Morgan fingerprint density at radius 1 is 1.16 bits per heavy atom. The highest BCUT2D eigenvalue weighted by Gasteiger charge is 2.30. The molecule has 1 amide bonds. The molecular formula is C20H12ClF3N4O2S. The number of alkyl halides is 3. The summed E-state index contributed by atoms with van der Waals surface area (Å²) in [5, 5.41) is 2.96. The van der Waals surface area contributed by atoms with Gasteiger partial charge >= 0.3 is 6.18 Å². The minimum atomic E-state index is -4.49. The molecule has 158 valence electrons. The van der Waals surface area contributed by atoms with Crippen LogP contribution in [0.1, 0.15) is 21.5 Å². The molecule has 2 aromatic heterocycles. The maximum absolute atomic E-state index is 12.9. The third-order valence-corrected chi connectivity index (χ3v) is 5.70. The SMILES string of the molecule is Cc1cccc(Cl)c1-n1cnc2nc(NC(=O)c3ccc(C(F)(F)F)cc3)sc2c1=O. The highest BCUT2D eigenvalue weighted by atomic mass is 35.5. The molecule has 31 heavy (non-hydrogen) atoms. The second kappa shape index (κ2) is 7.78. The fraction of sp³-hybridized carbons (Fsp3) is 0.100. The lowest BCUT2D eigenvalue weighted by Crippen LogP contribution is -2.19. The number of anilines is 1. The van der Waals surface area contributed by atoms with Crippen LogP contribution in [0.25, 0.3) is 16.0 Å². The number of aromatic nitrogens is 3. The predicted octanol–water partition coefficient (Wildman–Crippen LogP) is 5.08. The molecule has 0 aliphatic heterocycles. The number of amides is 1. The second-order valence-corrected chi connectivity index (χ2v) is 7.93. The smallest absolute Gasteiger partial charge is 0.298 e. The number of thiazole rings is 1. The maximum Gasteiger partial charge on any atom is 0.416 e. The molecule has 0 spiro atoms. The van der Waals surface area contributed by atoms with Gasteiger partial charge in [0.25, 0.3) is 11.5 Å². The van der Waals surface area contributed by atoms with Gasteiger partial charge < -0.3 is 0 Å². The Labute approximate surface area is 182 Å². The summed E-state index contributed by atoms with van der Waals surface area (Å²) in [4.78, 5) is 33.6. The third-order valence-electron chi connectivity index (χ3n) is 4.44. The third kappa shape index (κ3) is 4.04. The average molecular weight is 465 g/mol. The van der Waals surface area contributed by atoms with Crippen LogP contribution >= 0.6 is 22.9 Å². The van der Waals surface area contributed by atoms with Crippen LogP contribution in [0.2, 0.25) is 5.02 Å². The van der Waals surface area contributed by atoms with Crippen LogP contribution < -0.4 is 10.9 Å².